The molecule has 3 rings (SSSR count). The summed E-state index contributed by atoms with van der Waals surface area (Å²) in [4.78, 5) is 16.8. The number of pyridine rings is 1. The van der Waals surface area contributed by atoms with Gasteiger partial charge in [-0.15, -0.1) is 0 Å². The summed E-state index contributed by atoms with van der Waals surface area (Å²) in [6.45, 7) is 4.55. The molecule has 0 unspecified atom stereocenters. The van der Waals surface area contributed by atoms with Crippen LogP contribution >= 0.6 is 0 Å². The van der Waals surface area contributed by atoms with Crippen molar-refractivity contribution in [3.05, 3.63) is 59.4 Å². The van der Waals surface area contributed by atoms with Gasteiger partial charge in [-0.05, 0) is 51.0 Å². The van der Waals surface area contributed by atoms with E-state index >= 15 is 0 Å². The molecule has 0 atom stereocenters. The van der Waals surface area contributed by atoms with Crippen LogP contribution in [-0.4, -0.2) is 42.7 Å². The largest absolute Gasteiger partial charge is 0.348 e. The molecule has 0 saturated carbocycles. The first-order chi connectivity index (χ1) is 12.4. The first kappa shape index (κ1) is 18.5. The first-order valence-electron chi connectivity index (χ1n) is 8.67. The maximum absolute atomic E-state index is 12.7. The SMILES string of the molecule is Cc1ccc(S(=O)(=O)N2CCC(NC(=O)c3cccc(C)n3)CC2)cc1. The van der Waals surface area contributed by atoms with Crippen LogP contribution in [0.1, 0.15) is 34.6 Å². The summed E-state index contributed by atoms with van der Waals surface area (Å²) in [6, 6.07) is 12.2. The lowest BCUT2D eigenvalue weighted by molar-refractivity contribution is 0.0918. The number of nitrogens with one attached hydrogen (secondary N) is 1. The fourth-order valence-corrected chi connectivity index (χ4v) is 4.50. The molecule has 0 radical (unpaired) electrons. The Morgan fingerprint density at radius 2 is 1.73 bits per heavy atom. The van der Waals surface area contributed by atoms with Crippen molar-refractivity contribution in [3.63, 3.8) is 0 Å². The molecule has 0 aliphatic carbocycles. The zero-order valence-electron chi connectivity index (χ0n) is 15.0. The Labute approximate surface area is 154 Å². The highest BCUT2D eigenvalue weighted by molar-refractivity contribution is 7.89. The minimum absolute atomic E-state index is 0.0470. The first-order valence-corrected chi connectivity index (χ1v) is 10.1. The highest BCUT2D eigenvalue weighted by atomic mass is 32.2. The molecule has 1 aliphatic rings. The van der Waals surface area contributed by atoms with E-state index in [2.05, 4.69) is 10.3 Å². The number of aryl methyl sites for hydroxylation is 2. The van der Waals surface area contributed by atoms with Gasteiger partial charge in [0.25, 0.3) is 5.91 Å². The average molecular weight is 373 g/mol. The number of amides is 1. The molecule has 0 bridgehead atoms. The van der Waals surface area contributed by atoms with Crippen molar-refractivity contribution < 1.29 is 13.2 Å². The maximum atomic E-state index is 12.7. The Balaban J connectivity index is 1.60. The lowest BCUT2D eigenvalue weighted by atomic mass is 10.1. The second kappa shape index (κ2) is 7.55. The third-order valence-corrected chi connectivity index (χ3v) is 6.48. The number of aromatic nitrogens is 1. The molecule has 1 aromatic carbocycles. The zero-order chi connectivity index (χ0) is 18.7. The summed E-state index contributed by atoms with van der Waals surface area (Å²) in [7, 11) is -3.48. The van der Waals surface area contributed by atoms with Gasteiger partial charge in [-0.25, -0.2) is 13.4 Å². The van der Waals surface area contributed by atoms with Gasteiger partial charge in [-0.1, -0.05) is 23.8 Å². The van der Waals surface area contributed by atoms with Gasteiger partial charge >= 0.3 is 0 Å². The molecule has 6 nitrogen and oxygen atoms in total. The number of piperidine rings is 1. The van der Waals surface area contributed by atoms with Gasteiger partial charge in [0, 0.05) is 24.8 Å². The van der Waals surface area contributed by atoms with E-state index in [-0.39, 0.29) is 11.9 Å². The van der Waals surface area contributed by atoms with Gasteiger partial charge in [-0.2, -0.15) is 4.31 Å². The smallest absolute Gasteiger partial charge is 0.270 e. The molecule has 1 amide bonds. The van der Waals surface area contributed by atoms with Crippen LogP contribution in [0.25, 0.3) is 0 Å². The van der Waals surface area contributed by atoms with Gasteiger partial charge < -0.3 is 5.32 Å². The average Bonchev–Trinajstić information content (AvgIpc) is 2.62. The van der Waals surface area contributed by atoms with Crippen LogP contribution in [0.4, 0.5) is 0 Å². The molecular weight excluding hydrogens is 350 g/mol. The summed E-state index contributed by atoms with van der Waals surface area (Å²) in [5.41, 5.74) is 2.20. The van der Waals surface area contributed by atoms with Gasteiger partial charge in [0.2, 0.25) is 10.0 Å². The number of hydrogen-bond acceptors (Lipinski definition) is 4. The van der Waals surface area contributed by atoms with E-state index < -0.39 is 10.0 Å². The minimum atomic E-state index is -3.48. The Kier molecular flexibility index (Phi) is 5.38. The zero-order valence-corrected chi connectivity index (χ0v) is 15.8. The van der Waals surface area contributed by atoms with Crippen molar-refractivity contribution in [2.75, 3.05) is 13.1 Å². The van der Waals surface area contributed by atoms with E-state index in [0.717, 1.165) is 11.3 Å². The molecule has 1 saturated heterocycles. The number of carbonyl (C=O) groups is 1. The molecular formula is C19H23N3O3S. The highest BCUT2D eigenvalue weighted by Gasteiger charge is 2.30. The van der Waals surface area contributed by atoms with Crippen molar-refractivity contribution >= 4 is 15.9 Å². The number of carbonyl (C=O) groups excluding carboxylic acids is 1. The van der Waals surface area contributed by atoms with Crippen molar-refractivity contribution in [2.24, 2.45) is 0 Å². The standard InChI is InChI=1S/C19H23N3O3S/c1-14-6-8-17(9-7-14)26(24,25)22-12-10-16(11-13-22)21-19(23)18-5-3-4-15(2)20-18/h3-9,16H,10-13H2,1-2H3,(H,21,23). The number of sulfonamides is 1. The second-order valence-corrected chi connectivity index (χ2v) is 8.57. The molecule has 1 aliphatic heterocycles. The fourth-order valence-electron chi connectivity index (χ4n) is 3.03. The van der Waals surface area contributed by atoms with Crippen LogP contribution in [0.2, 0.25) is 0 Å². The summed E-state index contributed by atoms with van der Waals surface area (Å²) in [6.07, 6.45) is 1.17. The van der Waals surface area contributed by atoms with E-state index in [1.54, 1.807) is 36.4 Å². The van der Waals surface area contributed by atoms with Crippen molar-refractivity contribution in [1.82, 2.24) is 14.6 Å². The third-order valence-electron chi connectivity index (χ3n) is 4.57. The van der Waals surface area contributed by atoms with Crippen LogP contribution < -0.4 is 5.32 Å². The maximum Gasteiger partial charge on any atom is 0.270 e. The molecule has 1 N–H and O–H groups in total. The van der Waals surface area contributed by atoms with Gasteiger partial charge in [-0.3, -0.25) is 4.79 Å². The normalized spacial score (nSPS) is 16.4. The summed E-state index contributed by atoms with van der Waals surface area (Å²) in [5, 5.41) is 2.96. The van der Waals surface area contributed by atoms with E-state index in [9.17, 15) is 13.2 Å². The highest BCUT2D eigenvalue weighted by Crippen LogP contribution is 2.21. The Morgan fingerprint density at radius 1 is 1.08 bits per heavy atom. The molecule has 2 heterocycles. The molecule has 26 heavy (non-hydrogen) atoms. The van der Waals surface area contributed by atoms with Crippen LogP contribution in [0.3, 0.4) is 0 Å². The van der Waals surface area contributed by atoms with E-state index in [1.165, 1.54) is 4.31 Å². The Hall–Kier alpha value is -2.25. The number of rotatable bonds is 4. The third kappa shape index (κ3) is 4.11. The molecule has 0 spiro atoms. The quantitative estimate of drug-likeness (QED) is 0.892. The Morgan fingerprint density at radius 3 is 2.35 bits per heavy atom. The van der Waals surface area contributed by atoms with Crippen molar-refractivity contribution in [2.45, 2.75) is 37.6 Å². The van der Waals surface area contributed by atoms with Crippen LogP contribution in [-0.2, 0) is 10.0 Å². The minimum Gasteiger partial charge on any atom is -0.348 e. The van der Waals surface area contributed by atoms with Gasteiger partial charge in [0.05, 0.1) is 4.90 Å². The monoisotopic (exact) mass is 373 g/mol. The van der Waals surface area contributed by atoms with E-state index in [1.807, 2.05) is 19.9 Å². The predicted molar refractivity (Wildman–Crippen MR) is 99.4 cm³/mol. The number of nitrogens with zero attached hydrogens (tertiary/aromatic N) is 2. The topological polar surface area (TPSA) is 79.4 Å². The number of benzene rings is 1. The van der Waals surface area contributed by atoms with Crippen molar-refractivity contribution in [3.8, 4) is 0 Å². The molecule has 138 valence electrons. The predicted octanol–water partition coefficient (Wildman–Crippen LogP) is 2.28. The molecule has 7 heteroatoms. The lowest BCUT2D eigenvalue weighted by Gasteiger charge is -2.31. The van der Waals surface area contributed by atoms with E-state index in [0.29, 0.717) is 36.5 Å². The van der Waals surface area contributed by atoms with Gasteiger partial charge in [0.15, 0.2) is 0 Å². The van der Waals surface area contributed by atoms with Gasteiger partial charge in [0.1, 0.15) is 5.69 Å². The molecule has 1 fully saturated rings. The van der Waals surface area contributed by atoms with Crippen LogP contribution in [0, 0.1) is 13.8 Å². The summed E-state index contributed by atoms with van der Waals surface area (Å²) >= 11 is 0. The van der Waals surface area contributed by atoms with Crippen LogP contribution in [0.5, 0.6) is 0 Å². The van der Waals surface area contributed by atoms with Crippen LogP contribution in [0.15, 0.2) is 47.4 Å². The lowest BCUT2D eigenvalue weighted by Crippen LogP contribution is -2.46. The Bertz CT molecular complexity index is 887. The molecule has 2 aromatic rings. The summed E-state index contributed by atoms with van der Waals surface area (Å²) in [5.74, 6) is -0.214. The fraction of sp³-hybridized carbons (Fsp3) is 0.368. The number of hydrogen-bond donors (Lipinski definition) is 1. The van der Waals surface area contributed by atoms with E-state index in [4.69, 9.17) is 0 Å². The van der Waals surface area contributed by atoms with Crippen molar-refractivity contribution in [1.29, 1.82) is 0 Å². The molecule has 1 aromatic heterocycles. The second-order valence-electron chi connectivity index (χ2n) is 6.63. The summed E-state index contributed by atoms with van der Waals surface area (Å²) < 4.78 is 26.9.